The lowest BCUT2D eigenvalue weighted by molar-refractivity contribution is 0.0670. The maximum absolute atomic E-state index is 12.1. The van der Waals surface area contributed by atoms with Gasteiger partial charge in [-0.15, -0.1) is 0 Å². The molecule has 0 bridgehead atoms. The number of imidazole rings is 1. The number of carbonyl (C=O) groups excluding carboxylic acids is 1. The Hall–Kier alpha value is -1.20. The molecule has 0 aromatic carbocycles. The van der Waals surface area contributed by atoms with Crippen LogP contribution in [-0.4, -0.2) is 41.1 Å². The van der Waals surface area contributed by atoms with Crippen LogP contribution in [0, 0.1) is 0 Å². The van der Waals surface area contributed by atoms with E-state index in [0.717, 1.165) is 26.1 Å². The van der Waals surface area contributed by atoms with Gasteiger partial charge in [-0.3, -0.25) is 4.79 Å². The van der Waals surface area contributed by atoms with Crippen LogP contribution in [0.25, 0.3) is 0 Å². The molecule has 1 aromatic heterocycles. The summed E-state index contributed by atoms with van der Waals surface area (Å²) in [5, 5.41) is 3.28. The van der Waals surface area contributed by atoms with E-state index in [2.05, 4.69) is 17.2 Å². The second kappa shape index (κ2) is 5.93. The minimum absolute atomic E-state index is 0.0893. The van der Waals surface area contributed by atoms with Crippen molar-refractivity contribution in [2.75, 3.05) is 19.8 Å². The zero-order valence-corrected chi connectivity index (χ0v) is 10.2. The van der Waals surface area contributed by atoms with Crippen LogP contribution in [0.1, 0.15) is 30.4 Å². The van der Waals surface area contributed by atoms with E-state index in [1.54, 1.807) is 6.20 Å². The molecule has 1 fully saturated rings. The predicted octanol–water partition coefficient (Wildman–Crippen LogP) is 0.854. The number of nitrogens with one attached hydrogen (secondary N) is 1. The van der Waals surface area contributed by atoms with E-state index in [9.17, 15) is 4.79 Å². The van der Waals surface area contributed by atoms with E-state index in [-0.39, 0.29) is 11.8 Å². The summed E-state index contributed by atoms with van der Waals surface area (Å²) >= 11 is 0. The van der Waals surface area contributed by atoms with E-state index in [0.29, 0.717) is 18.9 Å². The summed E-state index contributed by atoms with van der Waals surface area (Å²) in [6.07, 6.45) is 5.01. The zero-order chi connectivity index (χ0) is 12.1. The van der Waals surface area contributed by atoms with Crippen molar-refractivity contribution in [1.82, 2.24) is 14.9 Å². The van der Waals surface area contributed by atoms with Crippen LogP contribution >= 0.6 is 0 Å². The van der Waals surface area contributed by atoms with Crippen LogP contribution < -0.4 is 5.32 Å². The first-order valence-electron chi connectivity index (χ1n) is 6.16. The van der Waals surface area contributed by atoms with Gasteiger partial charge >= 0.3 is 0 Å². The van der Waals surface area contributed by atoms with Crippen molar-refractivity contribution in [3.8, 4) is 0 Å². The number of rotatable bonds is 5. The SMILES string of the molecule is CCCn1ccnc1C(=O)CC1COCCN1. The Morgan fingerprint density at radius 2 is 2.59 bits per heavy atom. The van der Waals surface area contributed by atoms with Crippen molar-refractivity contribution in [3.05, 3.63) is 18.2 Å². The maximum atomic E-state index is 12.1. The molecule has 17 heavy (non-hydrogen) atoms. The molecule has 0 amide bonds. The second-order valence-corrected chi connectivity index (χ2v) is 4.30. The topological polar surface area (TPSA) is 56.2 Å². The van der Waals surface area contributed by atoms with Gasteiger partial charge in [0, 0.05) is 37.9 Å². The molecule has 1 N–H and O–H groups in total. The molecule has 1 unspecified atom stereocenters. The Labute approximate surface area is 101 Å². The molecular formula is C12H19N3O2. The lowest BCUT2D eigenvalue weighted by Gasteiger charge is -2.23. The Morgan fingerprint density at radius 3 is 3.29 bits per heavy atom. The van der Waals surface area contributed by atoms with Gasteiger partial charge < -0.3 is 14.6 Å². The van der Waals surface area contributed by atoms with Gasteiger partial charge in [0.15, 0.2) is 11.6 Å². The zero-order valence-electron chi connectivity index (χ0n) is 10.2. The van der Waals surface area contributed by atoms with E-state index in [1.807, 2.05) is 10.8 Å². The highest BCUT2D eigenvalue weighted by atomic mass is 16.5. The molecule has 1 aliphatic rings. The lowest BCUT2D eigenvalue weighted by atomic mass is 10.1. The Morgan fingerprint density at radius 1 is 1.71 bits per heavy atom. The highest BCUT2D eigenvalue weighted by Crippen LogP contribution is 2.07. The summed E-state index contributed by atoms with van der Waals surface area (Å²) in [7, 11) is 0. The number of hydrogen-bond acceptors (Lipinski definition) is 4. The van der Waals surface area contributed by atoms with Crippen LogP contribution in [0.5, 0.6) is 0 Å². The first kappa shape index (κ1) is 12.3. The largest absolute Gasteiger partial charge is 0.378 e. The van der Waals surface area contributed by atoms with E-state index >= 15 is 0 Å². The summed E-state index contributed by atoms with van der Waals surface area (Å²) in [6, 6.07) is 0.128. The third-order valence-corrected chi connectivity index (χ3v) is 2.86. The number of hydrogen-bond donors (Lipinski definition) is 1. The number of carbonyl (C=O) groups is 1. The third-order valence-electron chi connectivity index (χ3n) is 2.86. The molecule has 1 saturated heterocycles. The highest BCUT2D eigenvalue weighted by molar-refractivity contribution is 5.93. The van der Waals surface area contributed by atoms with Crippen LogP contribution in [0.4, 0.5) is 0 Å². The molecular weight excluding hydrogens is 218 g/mol. The number of aromatic nitrogens is 2. The van der Waals surface area contributed by atoms with Crippen molar-refractivity contribution in [3.63, 3.8) is 0 Å². The molecule has 5 heteroatoms. The molecule has 0 spiro atoms. The number of Topliss-reactive ketones (excluding diaryl/α,β-unsaturated/α-hetero) is 1. The minimum Gasteiger partial charge on any atom is -0.378 e. The number of ketones is 1. The number of morpholine rings is 1. The van der Waals surface area contributed by atoms with E-state index in [1.165, 1.54) is 0 Å². The van der Waals surface area contributed by atoms with Gasteiger partial charge in [-0.2, -0.15) is 0 Å². The van der Waals surface area contributed by atoms with Crippen LogP contribution in [0.2, 0.25) is 0 Å². The summed E-state index contributed by atoms with van der Waals surface area (Å²) < 4.78 is 7.26. The molecule has 1 aromatic rings. The van der Waals surface area contributed by atoms with Crippen molar-refractivity contribution in [1.29, 1.82) is 0 Å². The molecule has 1 aliphatic heterocycles. The first-order valence-corrected chi connectivity index (χ1v) is 6.16. The molecule has 0 saturated carbocycles. The molecule has 2 heterocycles. The summed E-state index contributed by atoms with van der Waals surface area (Å²) in [5.41, 5.74) is 0. The first-order chi connectivity index (χ1) is 8.31. The Kier molecular flexibility index (Phi) is 4.28. The van der Waals surface area contributed by atoms with E-state index < -0.39 is 0 Å². The van der Waals surface area contributed by atoms with Crippen molar-refractivity contribution >= 4 is 5.78 Å². The van der Waals surface area contributed by atoms with Crippen molar-refractivity contribution in [2.45, 2.75) is 32.4 Å². The fourth-order valence-corrected chi connectivity index (χ4v) is 2.05. The Bertz CT molecular complexity index is 370. The normalized spacial score (nSPS) is 20.4. The molecule has 0 aliphatic carbocycles. The maximum Gasteiger partial charge on any atom is 0.199 e. The van der Waals surface area contributed by atoms with Gasteiger partial charge in [0.2, 0.25) is 0 Å². The molecule has 94 valence electrons. The van der Waals surface area contributed by atoms with Gasteiger partial charge in [-0.25, -0.2) is 4.98 Å². The molecule has 0 radical (unpaired) electrons. The van der Waals surface area contributed by atoms with E-state index in [4.69, 9.17) is 4.74 Å². The smallest absolute Gasteiger partial charge is 0.199 e. The fourth-order valence-electron chi connectivity index (χ4n) is 2.05. The molecule has 1 atom stereocenters. The van der Waals surface area contributed by atoms with Gasteiger partial charge in [0.1, 0.15) is 0 Å². The Balaban J connectivity index is 1.96. The summed E-state index contributed by atoms with van der Waals surface area (Å²) in [5.74, 6) is 0.658. The quantitative estimate of drug-likeness (QED) is 0.771. The van der Waals surface area contributed by atoms with Gasteiger partial charge in [-0.1, -0.05) is 6.92 Å². The number of nitrogens with zero attached hydrogens (tertiary/aromatic N) is 2. The van der Waals surface area contributed by atoms with Crippen molar-refractivity contribution in [2.24, 2.45) is 0 Å². The van der Waals surface area contributed by atoms with Crippen molar-refractivity contribution < 1.29 is 9.53 Å². The van der Waals surface area contributed by atoms with Gasteiger partial charge in [0.05, 0.1) is 13.2 Å². The molecule has 5 nitrogen and oxygen atoms in total. The van der Waals surface area contributed by atoms with Crippen LogP contribution in [0.3, 0.4) is 0 Å². The fraction of sp³-hybridized carbons (Fsp3) is 0.667. The number of aryl methyl sites for hydroxylation is 1. The van der Waals surface area contributed by atoms with Gasteiger partial charge in [0.25, 0.3) is 0 Å². The average molecular weight is 237 g/mol. The average Bonchev–Trinajstić information content (AvgIpc) is 2.79. The standard InChI is InChI=1S/C12H19N3O2/c1-2-5-15-6-3-14-12(15)11(16)8-10-9-17-7-4-13-10/h3,6,10,13H,2,4-5,7-9H2,1H3. The highest BCUT2D eigenvalue weighted by Gasteiger charge is 2.20. The third kappa shape index (κ3) is 3.14. The monoisotopic (exact) mass is 237 g/mol. The predicted molar refractivity (Wildman–Crippen MR) is 64.1 cm³/mol. The molecule has 2 rings (SSSR count). The second-order valence-electron chi connectivity index (χ2n) is 4.30. The van der Waals surface area contributed by atoms with Crippen LogP contribution in [0.15, 0.2) is 12.4 Å². The summed E-state index contributed by atoms with van der Waals surface area (Å²) in [4.78, 5) is 16.2. The lowest BCUT2D eigenvalue weighted by Crippen LogP contribution is -2.42. The summed E-state index contributed by atoms with van der Waals surface area (Å²) in [6.45, 7) is 5.09. The minimum atomic E-state index is 0.0893. The number of ether oxygens (including phenoxy) is 1. The van der Waals surface area contributed by atoms with Gasteiger partial charge in [-0.05, 0) is 6.42 Å². The van der Waals surface area contributed by atoms with Crippen LogP contribution in [-0.2, 0) is 11.3 Å².